The van der Waals surface area contributed by atoms with Crippen LogP contribution in [0.25, 0.3) is 0 Å². The minimum Gasteiger partial charge on any atom is -0.497 e. The topological polar surface area (TPSA) is 84.9 Å². The van der Waals surface area contributed by atoms with Gasteiger partial charge in [0, 0.05) is 32.1 Å². The van der Waals surface area contributed by atoms with E-state index in [9.17, 15) is 17.6 Å². The Kier molecular flexibility index (Phi) is 6.39. The third-order valence-corrected chi connectivity index (χ3v) is 6.25. The highest BCUT2D eigenvalue weighted by Gasteiger charge is 2.31. The van der Waals surface area contributed by atoms with E-state index in [4.69, 9.17) is 9.47 Å². The van der Waals surface area contributed by atoms with Crippen molar-refractivity contribution in [2.24, 2.45) is 5.92 Å². The maximum Gasteiger partial charge on any atom is 0.244 e. The minimum atomic E-state index is -3.85. The van der Waals surface area contributed by atoms with E-state index in [1.807, 2.05) is 0 Å². The van der Waals surface area contributed by atoms with Crippen LogP contribution in [0.1, 0.15) is 12.0 Å². The Bertz CT molecular complexity index is 979. The summed E-state index contributed by atoms with van der Waals surface area (Å²) in [7, 11) is -1.01. The van der Waals surface area contributed by atoms with E-state index < -0.39 is 10.0 Å². The summed E-state index contributed by atoms with van der Waals surface area (Å²) in [6, 6.07) is 10.5. The van der Waals surface area contributed by atoms with Crippen molar-refractivity contribution >= 4 is 15.9 Å². The van der Waals surface area contributed by atoms with Crippen LogP contribution in [0.15, 0.2) is 47.4 Å². The molecule has 1 unspecified atom stereocenters. The lowest BCUT2D eigenvalue weighted by Gasteiger charge is -2.17. The first-order valence-electron chi connectivity index (χ1n) is 9.06. The van der Waals surface area contributed by atoms with Crippen LogP contribution in [0, 0.1) is 11.7 Å². The highest BCUT2D eigenvalue weighted by molar-refractivity contribution is 7.89. The van der Waals surface area contributed by atoms with Gasteiger partial charge in [-0.3, -0.25) is 4.79 Å². The number of benzene rings is 2. The lowest BCUT2D eigenvalue weighted by Crippen LogP contribution is -2.31. The molecule has 0 aromatic heterocycles. The summed E-state index contributed by atoms with van der Waals surface area (Å²) in [4.78, 5) is 13.9. The minimum absolute atomic E-state index is 0.0214. The quantitative estimate of drug-likeness (QED) is 0.705. The molecule has 2 aromatic carbocycles. The molecule has 0 aliphatic carbocycles. The van der Waals surface area contributed by atoms with Crippen molar-refractivity contribution in [2.75, 3.05) is 27.3 Å². The van der Waals surface area contributed by atoms with Gasteiger partial charge in [-0.1, -0.05) is 12.1 Å². The first-order valence-corrected chi connectivity index (χ1v) is 10.5. The van der Waals surface area contributed by atoms with Crippen molar-refractivity contribution < 1.29 is 27.1 Å². The Morgan fingerprint density at radius 3 is 2.52 bits per heavy atom. The van der Waals surface area contributed by atoms with Gasteiger partial charge in [-0.2, -0.15) is 0 Å². The molecular formula is C20H23FN2O5S. The lowest BCUT2D eigenvalue weighted by atomic mass is 10.1. The number of carbonyl (C=O) groups is 1. The number of carbonyl (C=O) groups excluding carboxylic acids is 1. The number of likely N-dealkylation sites (tertiary alicyclic amines) is 1. The molecule has 2 aromatic rings. The van der Waals surface area contributed by atoms with Gasteiger partial charge in [0.1, 0.15) is 22.2 Å². The second-order valence-electron chi connectivity index (χ2n) is 6.84. The molecule has 7 nitrogen and oxygen atoms in total. The van der Waals surface area contributed by atoms with Crippen molar-refractivity contribution in [3.8, 4) is 11.5 Å². The second kappa shape index (κ2) is 8.79. The largest absolute Gasteiger partial charge is 0.497 e. The maximum absolute atomic E-state index is 13.0. The number of rotatable bonds is 8. The Labute approximate surface area is 169 Å². The first-order chi connectivity index (χ1) is 13.8. The Hall–Kier alpha value is -2.65. The molecule has 0 saturated carbocycles. The van der Waals surface area contributed by atoms with Gasteiger partial charge in [-0.25, -0.2) is 17.5 Å². The zero-order valence-corrected chi connectivity index (χ0v) is 17.0. The molecule has 156 valence electrons. The highest BCUT2D eigenvalue weighted by atomic mass is 32.2. The molecular weight excluding hydrogens is 399 g/mol. The summed E-state index contributed by atoms with van der Waals surface area (Å²) in [5.41, 5.74) is 0.821. The van der Waals surface area contributed by atoms with Crippen molar-refractivity contribution in [3.05, 3.63) is 53.8 Å². The van der Waals surface area contributed by atoms with Gasteiger partial charge in [0.05, 0.1) is 14.2 Å². The van der Waals surface area contributed by atoms with Crippen LogP contribution < -0.4 is 14.2 Å². The number of hydrogen-bond donors (Lipinski definition) is 1. The van der Waals surface area contributed by atoms with Crippen LogP contribution in [-0.2, 0) is 21.4 Å². The number of nitrogens with zero attached hydrogens (tertiary/aromatic N) is 1. The first kappa shape index (κ1) is 21.1. The summed E-state index contributed by atoms with van der Waals surface area (Å²) in [6.45, 7) is 0.911. The number of hydrogen-bond acceptors (Lipinski definition) is 5. The van der Waals surface area contributed by atoms with Crippen LogP contribution in [0.4, 0.5) is 4.39 Å². The monoisotopic (exact) mass is 422 g/mol. The van der Waals surface area contributed by atoms with Gasteiger partial charge in [0.2, 0.25) is 15.9 Å². The highest BCUT2D eigenvalue weighted by Crippen LogP contribution is 2.28. The Morgan fingerprint density at radius 1 is 1.14 bits per heavy atom. The third-order valence-electron chi connectivity index (χ3n) is 4.80. The van der Waals surface area contributed by atoms with Gasteiger partial charge in [0.15, 0.2) is 0 Å². The predicted molar refractivity (Wildman–Crippen MR) is 105 cm³/mol. The molecule has 1 heterocycles. The molecule has 1 atom stereocenters. The molecule has 3 rings (SSSR count). The van der Waals surface area contributed by atoms with Gasteiger partial charge < -0.3 is 14.4 Å². The maximum atomic E-state index is 13.0. The van der Waals surface area contributed by atoms with Crippen LogP contribution >= 0.6 is 0 Å². The van der Waals surface area contributed by atoms with Crippen molar-refractivity contribution in [3.63, 3.8) is 0 Å². The number of nitrogens with one attached hydrogen (secondary N) is 1. The second-order valence-corrected chi connectivity index (χ2v) is 8.57. The summed E-state index contributed by atoms with van der Waals surface area (Å²) >= 11 is 0. The summed E-state index contributed by atoms with van der Waals surface area (Å²) in [6.07, 6.45) is 0.249. The average molecular weight is 422 g/mol. The molecule has 1 amide bonds. The predicted octanol–water partition coefficient (Wildman–Crippen LogP) is 2.17. The molecule has 1 saturated heterocycles. The summed E-state index contributed by atoms with van der Waals surface area (Å²) in [5.74, 6) is 0.0555. The fourth-order valence-electron chi connectivity index (χ4n) is 3.25. The van der Waals surface area contributed by atoms with E-state index in [1.54, 1.807) is 23.1 Å². The number of methoxy groups -OCH3 is 2. The van der Waals surface area contributed by atoms with Crippen molar-refractivity contribution in [2.45, 2.75) is 17.9 Å². The average Bonchev–Trinajstić information content (AvgIpc) is 3.07. The zero-order valence-electron chi connectivity index (χ0n) is 16.2. The molecule has 1 aliphatic rings. The Balaban J connectivity index is 1.64. The fraction of sp³-hybridized carbons (Fsp3) is 0.350. The zero-order chi connectivity index (χ0) is 21.0. The Morgan fingerprint density at radius 2 is 1.86 bits per heavy atom. The van der Waals surface area contributed by atoms with Gasteiger partial charge in [-0.15, -0.1) is 0 Å². The van der Waals surface area contributed by atoms with Crippen LogP contribution in [0.2, 0.25) is 0 Å². The van der Waals surface area contributed by atoms with Gasteiger partial charge >= 0.3 is 0 Å². The lowest BCUT2D eigenvalue weighted by molar-refractivity contribution is -0.128. The van der Waals surface area contributed by atoms with E-state index in [0.29, 0.717) is 18.8 Å². The van der Waals surface area contributed by atoms with Crippen molar-refractivity contribution in [1.82, 2.24) is 9.62 Å². The van der Waals surface area contributed by atoms with E-state index in [0.717, 1.165) is 5.56 Å². The normalized spacial score (nSPS) is 16.9. The molecule has 9 heteroatoms. The molecule has 1 N–H and O–H groups in total. The molecule has 29 heavy (non-hydrogen) atoms. The van der Waals surface area contributed by atoms with E-state index in [2.05, 4.69) is 4.72 Å². The molecule has 1 aliphatic heterocycles. The van der Waals surface area contributed by atoms with E-state index >= 15 is 0 Å². The van der Waals surface area contributed by atoms with E-state index in [1.165, 1.54) is 38.5 Å². The number of halogens is 1. The SMILES string of the molecule is COc1ccc(OC)c(S(=O)(=O)NCC2CC(=O)N(Cc3ccc(F)cc3)C2)c1. The smallest absolute Gasteiger partial charge is 0.244 e. The van der Waals surface area contributed by atoms with Crippen LogP contribution in [0.5, 0.6) is 11.5 Å². The fourth-order valence-corrected chi connectivity index (χ4v) is 4.55. The van der Waals surface area contributed by atoms with Gasteiger partial charge in [-0.05, 0) is 35.7 Å². The van der Waals surface area contributed by atoms with Gasteiger partial charge in [0.25, 0.3) is 0 Å². The number of amides is 1. The summed E-state index contributed by atoms with van der Waals surface area (Å²) in [5, 5.41) is 0. The molecule has 0 spiro atoms. The molecule has 1 fully saturated rings. The number of sulfonamides is 1. The van der Waals surface area contributed by atoms with Crippen LogP contribution in [0.3, 0.4) is 0 Å². The number of ether oxygens (including phenoxy) is 2. The third kappa shape index (κ3) is 5.04. The molecule has 0 bridgehead atoms. The molecule has 0 radical (unpaired) electrons. The standard InChI is InChI=1S/C20H23FN2O5S/c1-27-17-7-8-18(28-2)19(10-17)29(25,26)22-11-15-9-20(24)23(13-15)12-14-3-5-16(21)6-4-14/h3-8,10,15,22H,9,11-13H2,1-2H3. The van der Waals surface area contributed by atoms with Crippen LogP contribution in [-0.4, -0.2) is 46.5 Å². The van der Waals surface area contributed by atoms with E-state index in [-0.39, 0.29) is 41.3 Å². The van der Waals surface area contributed by atoms with Crippen molar-refractivity contribution in [1.29, 1.82) is 0 Å². The summed E-state index contributed by atoms with van der Waals surface area (Å²) < 4.78 is 51.3.